The van der Waals surface area contributed by atoms with Crippen LogP contribution in [0.2, 0.25) is 0 Å². The summed E-state index contributed by atoms with van der Waals surface area (Å²) in [6, 6.07) is 8.09. The van der Waals surface area contributed by atoms with E-state index in [1.807, 2.05) is 24.3 Å². The molecule has 6 heteroatoms. The minimum absolute atomic E-state index is 0.0526. The van der Waals surface area contributed by atoms with Crippen molar-refractivity contribution >= 4 is 17.4 Å². The molecule has 0 spiro atoms. The molecule has 1 fully saturated rings. The van der Waals surface area contributed by atoms with Gasteiger partial charge in [0, 0.05) is 36.1 Å². The Morgan fingerprint density at radius 3 is 2.66 bits per heavy atom. The van der Waals surface area contributed by atoms with Gasteiger partial charge >= 0.3 is 0 Å². The molecule has 3 N–H and O–H groups in total. The van der Waals surface area contributed by atoms with Crippen LogP contribution in [0.4, 0.5) is 5.69 Å². The Morgan fingerprint density at radius 2 is 1.89 bits per heavy atom. The van der Waals surface area contributed by atoms with Gasteiger partial charge in [-0.25, -0.2) is 0 Å². The van der Waals surface area contributed by atoms with Crippen LogP contribution in [0.5, 0.6) is 5.75 Å². The first-order valence-electron chi connectivity index (χ1n) is 13.3. The van der Waals surface area contributed by atoms with Crippen LogP contribution in [-0.2, 0) is 6.42 Å². The number of ether oxygens (including phenoxy) is 1. The molecule has 0 bridgehead atoms. The Kier molecular flexibility index (Phi) is 8.32. The zero-order valence-corrected chi connectivity index (χ0v) is 21.5. The van der Waals surface area contributed by atoms with E-state index in [2.05, 4.69) is 36.4 Å². The number of ketones is 1. The molecule has 0 unspecified atom stereocenters. The molecule has 1 saturated carbocycles. The molecule has 6 nitrogen and oxygen atoms in total. The zero-order chi connectivity index (χ0) is 24.8. The van der Waals surface area contributed by atoms with Crippen molar-refractivity contribution in [2.24, 2.45) is 11.3 Å². The maximum absolute atomic E-state index is 12.9. The summed E-state index contributed by atoms with van der Waals surface area (Å²) in [6.07, 6.45) is 10.9. The van der Waals surface area contributed by atoms with Crippen molar-refractivity contribution in [2.45, 2.75) is 84.6 Å². The summed E-state index contributed by atoms with van der Waals surface area (Å²) in [5.41, 5.74) is 2.96. The number of aryl methyl sites for hydroxylation is 1. The zero-order valence-electron chi connectivity index (χ0n) is 21.5. The van der Waals surface area contributed by atoms with E-state index in [4.69, 9.17) is 4.74 Å². The smallest absolute Gasteiger partial charge is 0.257 e. The summed E-state index contributed by atoms with van der Waals surface area (Å²) in [6.45, 7) is 8.66. The van der Waals surface area contributed by atoms with Crippen molar-refractivity contribution < 1.29 is 14.3 Å². The average molecular weight is 480 g/mol. The number of nitrogens with one attached hydrogen (secondary N) is 3. The van der Waals surface area contributed by atoms with Crippen molar-refractivity contribution in [3.8, 4) is 5.75 Å². The van der Waals surface area contributed by atoms with Gasteiger partial charge in [-0.3, -0.25) is 9.59 Å². The predicted molar refractivity (Wildman–Crippen MR) is 140 cm³/mol. The number of aromatic amines is 1. The average Bonchev–Trinajstić information content (AvgIpc) is 3.17. The third kappa shape index (κ3) is 6.75. The summed E-state index contributed by atoms with van der Waals surface area (Å²) in [4.78, 5) is 28.5. The first-order chi connectivity index (χ1) is 16.8. The molecular formula is C29H41N3O3. The second kappa shape index (κ2) is 11.4. The fourth-order valence-electron chi connectivity index (χ4n) is 5.47. The monoisotopic (exact) mass is 479 g/mol. The first kappa shape index (κ1) is 25.5. The highest BCUT2D eigenvalue weighted by Crippen LogP contribution is 2.37. The molecule has 0 aliphatic heterocycles. The van der Waals surface area contributed by atoms with Crippen LogP contribution in [0.25, 0.3) is 0 Å². The molecule has 2 aromatic rings. The number of H-pyrrole nitrogens is 1. The van der Waals surface area contributed by atoms with Gasteiger partial charge in [-0.2, -0.15) is 0 Å². The van der Waals surface area contributed by atoms with Gasteiger partial charge in [0.1, 0.15) is 5.75 Å². The lowest BCUT2D eigenvalue weighted by Gasteiger charge is -2.37. The van der Waals surface area contributed by atoms with Crippen molar-refractivity contribution in [2.75, 3.05) is 18.5 Å². The normalized spacial score (nSPS) is 20.7. The fourth-order valence-corrected chi connectivity index (χ4v) is 5.47. The van der Waals surface area contributed by atoms with Gasteiger partial charge in [0.25, 0.3) is 5.91 Å². The number of anilines is 1. The van der Waals surface area contributed by atoms with E-state index in [9.17, 15) is 9.59 Å². The van der Waals surface area contributed by atoms with Gasteiger partial charge in [-0.05, 0) is 81.4 Å². The van der Waals surface area contributed by atoms with Gasteiger partial charge < -0.3 is 20.4 Å². The molecule has 2 aliphatic rings. The largest absolute Gasteiger partial charge is 0.493 e. The molecule has 0 saturated heterocycles. The van der Waals surface area contributed by atoms with E-state index in [1.165, 1.54) is 25.7 Å². The number of fused-ring (bicyclic) bond motifs is 1. The number of Topliss-reactive ketones (excluding diaryl/α,β-unsaturated/α-hetero) is 1. The van der Waals surface area contributed by atoms with Crippen LogP contribution in [0.15, 0.2) is 30.5 Å². The molecule has 0 atom stereocenters. The summed E-state index contributed by atoms with van der Waals surface area (Å²) < 4.78 is 5.94. The lowest BCUT2D eigenvalue weighted by molar-refractivity contribution is 0.0965. The standard InChI is InChI=1S/C29H41N3O3/c1-29(2,3)20-12-14-21(15-13-20)30-16-7-17-35-23-9-6-8-22(18-23)32-28(34)24-19-31-25-10-4-5-11-26(33)27(24)25/h6,8-9,18-21,30-31H,4-5,7,10-17H2,1-3H3,(H,32,34). The van der Waals surface area contributed by atoms with E-state index >= 15 is 0 Å². The van der Waals surface area contributed by atoms with Crippen molar-refractivity contribution in [1.82, 2.24) is 10.3 Å². The van der Waals surface area contributed by atoms with Gasteiger partial charge in [0.15, 0.2) is 5.78 Å². The Morgan fingerprint density at radius 1 is 1.11 bits per heavy atom. The van der Waals surface area contributed by atoms with Crippen LogP contribution in [0.1, 0.15) is 98.5 Å². The molecule has 1 aromatic heterocycles. The number of hydrogen-bond acceptors (Lipinski definition) is 4. The number of amides is 1. The lowest BCUT2D eigenvalue weighted by Crippen LogP contribution is -2.36. The highest BCUT2D eigenvalue weighted by molar-refractivity contribution is 6.13. The molecule has 1 aromatic carbocycles. The Labute approximate surface area is 209 Å². The highest BCUT2D eigenvalue weighted by atomic mass is 16.5. The van der Waals surface area contributed by atoms with Gasteiger partial charge in [-0.15, -0.1) is 0 Å². The van der Waals surface area contributed by atoms with Crippen LogP contribution < -0.4 is 15.4 Å². The minimum atomic E-state index is -0.264. The van der Waals surface area contributed by atoms with Gasteiger partial charge in [0.05, 0.1) is 17.7 Å². The second-order valence-corrected chi connectivity index (χ2v) is 11.2. The summed E-state index contributed by atoms with van der Waals surface area (Å²) >= 11 is 0. The third-order valence-electron chi connectivity index (χ3n) is 7.63. The number of carbonyl (C=O) groups is 2. The summed E-state index contributed by atoms with van der Waals surface area (Å²) in [5, 5.41) is 6.63. The third-order valence-corrected chi connectivity index (χ3v) is 7.63. The lowest BCUT2D eigenvalue weighted by atomic mass is 9.71. The molecular weight excluding hydrogens is 438 g/mol. The molecule has 1 heterocycles. The van der Waals surface area contributed by atoms with Crippen molar-refractivity contribution in [3.05, 3.63) is 47.3 Å². The number of hydrogen-bond donors (Lipinski definition) is 3. The van der Waals surface area contributed by atoms with Gasteiger partial charge in [-0.1, -0.05) is 26.8 Å². The van der Waals surface area contributed by atoms with Crippen LogP contribution >= 0.6 is 0 Å². The van der Waals surface area contributed by atoms with E-state index < -0.39 is 0 Å². The van der Waals surface area contributed by atoms with Crippen molar-refractivity contribution in [3.63, 3.8) is 0 Å². The second-order valence-electron chi connectivity index (χ2n) is 11.2. The number of aromatic nitrogens is 1. The fraction of sp³-hybridized carbons (Fsp3) is 0.586. The minimum Gasteiger partial charge on any atom is -0.493 e. The molecule has 4 rings (SSSR count). The summed E-state index contributed by atoms with van der Waals surface area (Å²) in [5.74, 6) is 1.36. The predicted octanol–water partition coefficient (Wildman–Crippen LogP) is 6.14. The number of benzene rings is 1. The van der Waals surface area contributed by atoms with Gasteiger partial charge in [0.2, 0.25) is 0 Å². The van der Waals surface area contributed by atoms with Crippen LogP contribution in [0.3, 0.4) is 0 Å². The molecule has 2 aliphatic carbocycles. The number of rotatable bonds is 8. The topological polar surface area (TPSA) is 83.2 Å². The van der Waals surface area contributed by atoms with E-state index in [0.717, 1.165) is 49.6 Å². The SMILES string of the molecule is CC(C)(C)C1CCC(NCCCOc2cccc(NC(=O)c3c[nH]c4c3C(=O)CCCC4)c2)CC1. The van der Waals surface area contributed by atoms with Crippen LogP contribution in [0, 0.1) is 11.3 Å². The molecule has 35 heavy (non-hydrogen) atoms. The Hall–Kier alpha value is -2.60. The van der Waals surface area contributed by atoms with E-state index in [1.54, 1.807) is 6.20 Å². The van der Waals surface area contributed by atoms with Crippen LogP contribution in [-0.4, -0.2) is 35.9 Å². The summed E-state index contributed by atoms with van der Waals surface area (Å²) in [7, 11) is 0. The van der Waals surface area contributed by atoms with Crippen molar-refractivity contribution in [1.29, 1.82) is 0 Å². The highest BCUT2D eigenvalue weighted by Gasteiger charge is 2.29. The first-order valence-corrected chi connectivity index (χ1v) is 13.3. The molecule has 0 radical (unpaired) electrons. The molecule has 1 amide bonds. The Balaban J connectivity index is 1.21. The maximum Gasteiger partial charge on any atom is 0.257 e. The van der Waals surface area contributed by atoms with E-state index in [-0.39, 0.29) is 11.7 Å². The number of carbonyl (C=O) groups excluding carboxylic acids is 2. The van der Waals surface area contributed by atoms with E-state index in [0.29, 0.717) is 41.3 Å². The quantitative estimate of drug-likeness (QED) is 0.314. The molecule has 190 valence electrons. The maximum atomic E-state index is 12.9. The Bertz CT molecular complexity index is 1010.